The molecule has 1 saturated carbocycles. The molecule has 21 heavy (non-hydrogen) atoms. The molecule has 0 aliphatic heterocycles. The fourth-order valence-electron chi connectivity index (χ4n) is 2.75. The highest BCUT2D eigenvalue weighted by Crippen LogP contribution is 2.29. The van der Waals surface area contributed by atoms with Crippen molar-refractivity contribution in [2.24, 2.45) is 5.92 Å². The van der Waals surface area contributed by atoms with Crippen LogP contribution in [0, 0.1) is 5.92 Å². The van der Waals surface area contributed by atoms with Crippen LogP contribution in [0.15, 0.2) is 12.7 Å². The summed E-state index contributed by atoms with van der Waals surface area (Å²) < 4.78 is 0. The number of carbonyl (C=O) groups is 2. The van der Waals surface area contributed by atoms with Crippen molar-refractivity contribution in [3.63, 3.8) is 0 Å². The van der Waals surface area contributed by atoms with E-state index in [0.29, 0.717) is 6.42 Å². The number of rotatable bonds is 9. The van der Waals surface area contributed by atoms with Gasteiger partial charge in [0.15, 0.2) is 0 Å². The third-order valence-corrected chi connectivity index (χ3v) is 3.93. The predicted molar refractivity (Wildman–Crippen MR) is 79.4 cm³/mol. The van der Waals surface area contributed by atoms with Gasteiger partial charge < -0.3 is 20.8 Å². The Balaban J connectivity index is 2.55. The molecule has 6 nitrogen and oxygen atoms in total. The molecule has 6 heteroatoms. The average molecular weight is 298 g/mol. The molecule has 2 amide bonds. The first-order chi connectivity index (χ1) is 10.1. The van der Waals surface area contributed by atoms with Crippen LogP contribution in [0.3, 0.4) is 0 Å². The average Bonchev–Trinajstić information content (AvgIpc) is 2.93. The maximum atomic E-state index is 12.1. The van der Waals surface area contributed by atoms with E-state index < -0.39 is 11.5 Å². The number of amides is 2. The van der Waals surface area contributed by atoms with Crippen molar-refractivity contribution < 1.29 is 19.8 Å². The third-order valence-electron chi connectivity index (χ3n) is 3.93. The SMILES string of the molecule is C=CC[C@H](CC(=O)NC1(CO)CCCC1)C(=O)NCCO. The zero-order valence-electron chi connectivity index (χ0n) is 12.4. The van der Waals surface area contributed by atoms with Crippen LogP contribution in [0.2, 0.25) is 0 Å². The second-order valence-electron chi connectivity index (χ2n) is 5.63. The third kappa shape index (κ3) is 5.47. The summed E-state index contributed by atoms with van der Waals surface area (Å²) >= 11 is 0. The highest BCUT2D eigenvalue weighted by molar-refractivity contribution is 5.86. The van der Waals surface area contributed by atoms with E-state index >= 15 is 0 Å². The van der Waals surface area contributed by atoms with Crippen LogP contribution in [-0.2, 0) is 9.59 Å². The van der Waals surface area contributed by atoms with Crippen molar-refractivity contribution in [2.45, 2.75) is 44.1 Å². The van der Waals surface area contributed by atoms with Gasteiger partial charge in [0.25, 0.3) is 0 Å². The molecule has 1 rings (SSSR count). The Labute approximate surface area is 125 Å². The van der Waals surface area contributed by atoms with Gasteiger partial charge in [-0.25, -0.2) is 0 Å². The first-order valence-electron chi connectivity index (χ1n) is 7.48. The van der Waals surface area contributed by atoms with Gasteiger partial charge in [0.1, 0.15) is 0 Å². The molecule has 0 aromatic carbocycles. The molecule has 0 bridgehead atoms. The zero-order valence-corrected chi connectivity index (χ0v) is 12.4. The maximum Gasteiger partial charge on any atom is 0.224 e. The first kappa shape index (κ1) is 17.7. The first-order valence-corrected chi connectivity index (χ1v) is 7.48. The largest absolute Gasteiger partial charge is 0.395 e. The fraction of sp³-hybridized carbons (Fsp3) is 0.733. The number of nitrogens with one attached hydrogen (secondary N) is 2. The van der Waals surface area contributed by atoms with Crippen LogP contribution in [0.5, 0.6) is 0 Å². The van der Waals surface area contributed by atoms with E-state index in [9.17, 15) is 14.7 Å². The standard InChI is InChI=1S/C15H26N2O4/c1-2-5-12(14(21)16-8-9-18)10-13(20)17-15(11-19)6-3-4-7-15/h2,12,18-19H,1,3-11H2,(H,16,21)(H,17,20)/t12-/m1/s1. The van der Waals surface area contributed by atoms with E-state index in [4.69, 9.17) is 5.11 Å². The quantitative estimate of drug-likeness (QED) is 0.454. The Morgan fingerprint density at radius 2 is 1.95 bits per heavy atom. The summed E-state index contributed by atoms with van der Waals surface area (Å²) in [5, 5.41) is 23.7. The second-order valence-corrected chi connectivity index (χ2v) is 5.63. The van der Waals surface area contributed by atoms with Gasteiger partial charge in [-0.15, -0.1) is 6.58 Å². The van der Waals surface area contributed by atoms with Crippen molar-refractivity contribution in [3.8, 4) is 0 Å². The topological polar surface area (TPSA) is 98.7 Å². The van der Waals surface area contributed by atoms with Crippen LogP contribution < -0.4 is 10.6 Å². The summed E-state index contributed by atoms with van der Waals surface area (Å²) in [6, 6.07) is 0. The zero-order chi connectivity index (χ0) is 15.7. The van der Waals surface area contributed by atoms with Crippen molar-refractivity contribution in [1.82, 2.24) is 10.6 Å². The summed E-state index contributed by atoms with van der Waals surface area (Å²) in [6.07, 6.45) is 5.60. The Bertz CT molecular complexity index is 365. The van der Waals surface area contributed by atoms with E-state index in [2.05, 4.69) is 17.2 Å². The molecule has 0 radical (unpaired) electrons. The van der Waals surface area contributed by atoms with E-state index in [1.807, 2.05) is 0 Å². The van der Waals surface area contributed by atoms with Crippen LogP contribution in [-0.4, -0.2) is 47.3 Å². The van der Waals surface area contributed by atoms with Crippen LogP contribution in [0.4, 0.5) is 0 Å². The molecule has 1 aliphatic carbocycles. The Kier molecular flexibility index (Phi) is 7.39. The van der Waals surface area contributed by atoms with Crippen molar-refractivity contribution in [2.75, 3.05) is 19.8 Å². The Morgan fingerprint density at radius 3 is 2.48 bits per heavy atom. The van der Waals surface area contributed by atoms with Gasteiger partial charge in [-0.2, -0.15) is 0 Å². The van der Waals surface area contributed by atoms with E-state index in [0.717, 1.165) is 25.7 Å². The van der Waals surface area contributed by atoms with Gasteiger partial charge in [0, 0.05) is 13.0 Å². The van der Waals surface area contributed by atoms with E-state index in [1.165, 1.54) is 0 Å². The molecule has 4 N–H and O–H groups in total. The van der Waals surface area contributed by atoms with E-state index in [-0.39, 0.29) is 38.0 Å². The minimum absolute atomic E-state index is 0.0605. The minimum Gasteiger partial charge on any atom is -0.395 e. The highest BCUT2D eigenvalue weighted by Gasteiger charge is 2.35. The summed E-state index contributed by atoms with van der Waals surface area (Å²) in [5.41, 5.74) is -0.516. The molecule has 0 spiro atoms. The van der Waals surface area contributed by atoms with Crippen LogP contribution in [0.1, 0.15) is 38.5 Å². The van der Waals surface area contributed by atoms with Gasteiger partial charge in [0.2, 0.25) is 11.8 Å². The fourth-order valence-corrected chi connectivity index (χ4v) is 2.75. The minimum atomic E-state index is -0.516. The van der Waals surface area contributed by atoms with Crippen molar-refractivity contribution in [1.29, 1.82) is 0 Å². The predicted octanol–water partition coefficient (Wildman–Crippen LogP) is 0.0986. The molecule has 1 atom stereocenters. The van der Waals surface area contributed by atoms with E-state index in [1.54, 1.807) is 6.08 Å². The maximum absolute atomic E-state index is 12.1. The van der Waals surface area contributed by atoms with Crippen molar-refractivity contribution in [3.05, 3.63) is 12.7 Å². The summed E-state index contributed by atoms with van der Waals surface area (Å²) in [7, 11) is 0. The molecule has 0 aromatic heterocycles. The molecule has 120 valence electrons. The van der Waals surface area contributed by atoms with Gasteiger partial charge in [-0.1, -0.05) is 18.9 Å². The Hall–Kier alpha value is -1.40. The molecule has 0 unspecified atom stereocenters. The molecule has 0 saturated heterocycles. The van der Waals surface area contributed by atoms with Gasteiger partial charge >= 0.3 is 0 Å². The number of allylic oxidation sites excluding steroid dienone is 1. The Morgan fingerprint density at radius 1 is 1.29 bits per heavy atom. The normalized spacial score (nSPS) is 18.0. The molecule has 0 aromatic rings. The summed E-state index contributed by atoms with van der Waals surface area (Å²) in [5.74, 6) is -0.980. The molecular formula is C15H26N2O4. The monoisotopic (exact) mass is 298 g/mol. The number of hydrogen-bond acceptors (Lipinski definition) is 4. The van der Waals surface area contributed by atoms with Crippen LogP contribution in [0.25, 0.3) is 0 Å². The molecule has 0 heterocycles. The lowest BCUT2D eigenvalue weighted by atomic mass is 9.96. The van der Waals surface area contributed by atoms with Gasteiger partial charge in [-0.3, -0.25) is 9.59 Å². The van der Waals surface area contributed by atoms with Gasteiger partial charge in [0.05, 0.1) is 24.7 Å². The highest BCUT2D eigenvalue weighted by atomic mass is 16.3. The van der Waals surface area contributed by atoms with Crippen molar-refractivity contribution >= 4 is 11.8 Å². The number of aliphatic hydroxyl groups excluding tert-OH is 2. The lowest BCUT2D eigenvalue weighted by Crippen LogP contribution is -2.50. The van der Waals surface area contributed by atoms with Crippen LogP contribution >= 0.6 is 0 Å². The molecular weight excluding hydrogens is 272 g/mol. The second kappa shape index (κ2) is 8.79. The summed E-state index contributed by atoms with van der Waals surface area (Å²) in [6.45, 7) is 3.58. The van der Waals surface area contributed by atoms with Gasteiger partial charge in [-0.05, 0) is 19.3 Å². The lowest BCUT2D eigenvalue weighted by Gasteiger charge is -2.28. The molecule has 1 aliphatic rings. The number of carbonyl (C=O) groups excluding carboxylic acids is 2. The molecule has 1 fully saturated rings. The lowest BCUT2D eigenvalue weighted by molar-refractivity contribution is -0.131. The number of hydrogen-bond donors (Lipinski definition) is 4. The summed E-state index contributed by atoms with van der Waals surface area (Å²) in [4.78, 5) is 24.1. The number of aliphatic hydroxyl groups is 2. The smallest absolute Gasteiger partial charge is 0.224 e.